The molecule has 7 heteroatoms. The maximum absolute atomic E-state index is 12.9. The third-order valence-electron chi connectivity index (χ3n) is 4.07. The second-order valence-corrected chi connectivity index (χ2v) is 7.80. The number of carboxylic acids is 1. The van der Waals surface area contributed by atoms with Gasteiger partial charge in [-0.25, -0.2) is 13.2 Å². The van der Waals surface area contributed by atoms with Gasteiger partial charge in [-0.3, -0.25) is 0 Å². The molecule has 0 atom stereocenters. The van der Waals surface area contributed by atoms with Crippen LogP contribution in [0.15, 0.2) is 9.31 Å². The standard InChI is InChI=1S/C14H19NO5S/c1-8-12(14(16)17)13(9(2)20-8)21(18,19)15(11-5-6-11)7-10-3-4-10/h10-11H,3-7H2,1-2H3,(H,16,17). The lowest BCUT2D eigenvalue weighted by molar-refractivity contribution is 0.0691. The van der Waals surface area contributed by atoms with Gasteiger partial charge in [0.15, 0.2) is 0 Å². The quantitative estimate of drug-likeness (QED) is 0.869. The molecular weight excluding hydrogens is 294 g/mol. The maximum atomic E-state index is 12.9. The van der Waals surface area contributed by atoms with Crippen molar-refractivity contribution in [2.45, 2.75) is 50.5 Å². The fraction of sp³-hybridized carbons (Fsp3) is 0.643. The largest absolute Gasteiger partial charge is 0.478 e. The minimum absolute atomic E-state index is 0.0202. The van der Waals surface area contributed by atoms with Gasteiger partial charge < -0.3 is 9.52 Å². The van der Waals surface area contributed by atoms with E-state index in [9.17, 15) is 18.3 Å². The average Bonchev–Trinajstić information content (AvgIpc) is 3.24. The Bertz CT molecular complexity index is 682. The van der Waals surface area contributed by atoms with Crippen LogP contribution < -0.4 is 0 Å². The van der Waals surface area contributed by atoms with E-state index >= 15 is 0 Å². The maximum Gasteiger partial charge on any atom is 0.340 e. The van der Waals surface area contributed by atoms with Gasteiger partial charge in [-0.05, 0) is 45.4 Å². The molecule has 0 radical (unpaired) electrons. The van der Waals surface area contributed by atoms with Gasteiger partial charge in [0.25, 0.3) is 0 Å². The zero-order valence-electron chi connectivity index (χ0n) is 12.1. The van der Waals surface area contributed by atoms with E-state index in [-0.39, 0.29) is 28.0 Å². The lowest BCUT2D eigenvalue weighted by Crippen LogP contribution is -2.35. The molecule has 116 valence electrons. The highest BCUT2D eigenvalue weighted by Crippen LogP contribution is 2.40. The van der Waals surface area contributed by atoms with Crippen molar-refractivity contribution in [3.63, 3.8) is 0 Å². The Hall–Kier alpha value is -1.34. The molecule has 0 bridgehead atoms. The Labute approximate surface area is 123 Å². The molecule has 1 aromatic rings. The Morgan fingerprint density at radius 1 is 1.24 bits per heavy atom. The number of hydrogen-bond donors (Lipinski definition) is 1. The Balaban J connectivity index is 2.06. The van der Waals surface area contributed by atoms with Crippen LogP contribution in [0, 0.1) is 19.8 Å². The molecule has 3 rings (SSSR count). The second-order valence-electron chi connectivity index (χ2n) is 5.97. The molecule has 2 aliphatic rings. The molecule has 0 aromatic carbocycles. The summed E-state index contributed by atoms with van der Waals surface area (Å²) in [4.78, 5) is 11.2. The first-order chi connectivity index (χ1) is 9.82. The normalized spacial score (nSPS) is 19.2. The molecule has 0 saturated heterocycles. The predicted molar refractivity (Wildman–Crippen MR) is 74.8 cm³/mol. The number of carboxylic acid groups (broad SMARTS) is 1. The van der Waals surface area contributed by atoms with E-state index in [4.69, 9.17) is 4.42 Å². The van der Waals surface area contributed by atoms with E-state index < -0.39 is 16.0 Å². The minimum Gasteiger partial charge on any atom is -0.478 e. The van der Waals surface area contributed by atoms with E-state index in [0.717, 1.165) is 25.7 Å². The minimum atomic E-state index is -3.82. The van der Waals surface area contributed by atoms with Crippen LogP contribution in [0.3, 0.4) is 0 Å². The highest BCUT2D eigenvalue weighted by molar-refractivity contribution is 7.89. The molecule has 2 fully saturated rings. The first-order valence-corrected chi connectivity index (χ1v) is 8.61. The van der Waals surface area contributed by atoms with Crippen LogP contribution in [-0.2, 0) is 10.0 Å². The van der Waals surface area contributed by atoms with E-state index in [1.807, 2.05) is 0 Å². The number of sulfonamides is 1. The molecule has 1 N–H and O–H groups in total. The topological polar surface area (TPSA) is 87.8 Å². The first-order valence-electron chi connectivity index (χ1n) is 7.17. The van der Waals surface area contributed by atoms with E-state index in [0.29, 0.717) is 12.5 Å². The number of furan rings is 1. The van der Waals surface area contributed by atoms with Gasteiger partial charge >= 0.3 is 5.97 Å². The van der Waals surface area contributed by atoms with Gasteiger partial charge in [0, 0.05) is 12.6 Å². The van der Waals surface area contributed by atoms with Crippen molar-refractivity contribution in [3.8, 4) is 0 Å². The number of rotatable bonds is 6. The fourth-order valence-electron chi connectivity index (χ4n) is 2.70. The summed E-state index contributed by atoms with van der Waals surface area (Å²) in [5, 5.41) is 9.31. The van der Waals surface area contributed by atoms with Crippen molar-refractivity contribution >= 4 is 16.0 Å². The monoisotopic (exact) mass is 313 g/mol. The summed E-state index contributed by atoms with van der Waals surface area (Å²) in [6, 6.07) is 0.0202. The van der Waals surface area contributed by atoms with E-state index in [1.165, 1.54) is 18.2 Å². The second kappa shape index (κ2) is 4.84. The van der Waals surface area contributed by atoms with Crippen LogP contribution in [0.5, 0.6) is 0 Å². The molecule has 0 unspecified atom stereocenters. The van der Waals surface area contributed by atoms with Crippen LogP contribution in [0.1, 0.15) is 47.6 Å². The summed E-state index contributed by atoms with van der Waals surface area (Å²) in [5.41, 5.74) is -0.228. The molecule has 0 spiro atoms. The number of aromatic carboxylic acids is 1. The zero-order valence-corrected chi connectivity index (χ0v) is 12.9. The zero-order chi connectivity index (χ0) is 15.4. The van der Waals surface area contributed by atoms with Crippen LogP contribution in [0.2, 0.25) is 0 Å². The molecule has 0 aliphatic heterocycles. The third kappa shape index (κ3) is 2.60. The summed E-state index contributed by atoms with van der Waals surface area (Å²) in [6.45, 7) is 3.49. The van der Waals surface area contributed by atoms with Crippen LogP contribution in [-0.4, -0.2) is 36.4 Å². The van der Waals surface area contributed by atoms with Crippen LogP contribution in [0.25, 0.3) is 0 Å². The summed E-state index contributed by atoms with van der Waals surface area (Å²) >= 11 is 0. The summed E-state index contributed by atoms with van der Waals surface area (Å²) in [6.07, 6.45) is 3.80. The molecule has 2 aliphatic carbocycles. The van der Waals surface area contributed by atoms with Crippen molar-refractivity contribution in [1.29, 1.82) is 0 Å². The Morgan fingerprint density at radius 2 is 1.86 bits per heavy atom. The average molecular weight is 313 g/mol. The highest BCUT2D eigenvalue weighted by atomic mass is 32.2. The molecule has 21 heavy (non-hydrogen) atoms. The van der Waals surface area contributed by atoms with Crippen LogP contribution in [0.4, 0.5) is 0 Å². The van der Waals surface area contributed by atoms with Crippen molar-refractivity contribution in [2.24, 2.45) is 5.92 Å². The lowest BCUT2D eigenvalue weighted by atomic mass is 10.2. The van der Waals surface area contributed by atoms with Crippen molar-refractivity contribution in [1.82, 2.24) is 4.31 Å². The highest BCUT2D eigenvalue weighted by Gasteiger charge is 2.44. The molecule has 1 heterocycles. The molecular formula is C14H19NO5S. The number of hydrogen-bond acceptors (Lipinski definition) is 4. The fourth-order valence-corrected chi connectivity index (χ4v) is 4.84. The summed E-state index contributed by atoms with van der Waals surface area (Å²) in [5.74, 6) is -0.542. The van der Waals surface area contributed by atoms with Gasteiger partial charge in [0.2, 0.25) is 10.0 Å². The Morgan fingerprint density at radius 3 is 2.33 bits per heavy atom. The number of carbonyl (C=O) groups is 1. The SMILES string of the molecule is Cc1oc(C)c(S(=O)(=O)N(CC2CC2)C2CC2)c1C(=O)O. The van der Waals surface area contributed by atoms with Gasteiger partial charge in [0.1, 0.15) is 22.0 Å². The Kier molecular flexibility index (Phi) is 3.37. The van der Waals surface area contributed by atoms with Crippen molar-refractivity contribution in [2.75, 3.05) is 6.54 Å². The van der Waals surface area contributed by atoms with Gasteiger partial charge in [-0.15, -0.1) is 0 Å². The lowest BCUT2D eigenvalue weighted by Gasteiger charge is -2.21. The van der Waals surface area contributed by atoms with E-state index in [1.54, 1.807) is 0 Å². The van der Waals surface area contributed by atoms with Gasteiger partial charge in [-0.1, -0.05) is 0 Å². The molecule has 2 saturated carbocycles. The van der Waals surface area contributed by atoms with Gasteiger partial charge in [0.05, 0.1) is 0 Å². The van der Waals surface area contributed by atoms with E-state index in [2.05, 4.69) is 0 Å². The first kappa shape index (κ1) is 14.6. The molecule has 0 amide bonds. The summed E-state index contributed by atoms with van der Waals surface area (Å²) in [7, 11) is -3.82. The number of nitrogens with zero attached hydrogens (tertiary/aromatic N) is 1. The molecule has 6 nitrogen and oxygen atoms in total. The molecule has 1 aromatic heterocycles. The summed E-state index contributed by atoms with van der Waals surface area (Å²) < 4.78 is 32.7. The number of aryl methyl sites for hydroxylation is 2. The smallest absolute Gasteiger partial charge is 0.340 e. The van der Waals surface area contributed by atoms with Crippen LogP contribution >= 0.6 is 0 Å². The third-order valence-corrected chi connectivity index (χ3v) is 6.15. The van der Waals surface area contributed by atoms with Crippen molar-refractivity contribution in [3.05, 3.63) is 17.1 Å². The van der Waals surface area contributed by atoms with Gasteiger partial charge in [-0.2, -0.15) is 4.31 Å². The van der Waals surface area contributed by atoms with Crippen molar-refractivity contribution < 1.29 is 22.7 Å². The predicted octanol–water partition coefficient (Wildman–Crippen LogP) is 2.16.